The van der Waals surface area contributed by atoms with Crippen LogP contribution < -0.4 is 5.73 Å². The van der Waals surface area contributed by atoms with E-state index in [4.69, 9.17) is 5.73 Å². The third kappa shape index (κ3) is 2.05. The molecule has 13 heavy (non-hydrogen) atoms. The Bertz CT molecular complexity index is 169. The maximum Gasteiger partial charge on any atom is 0.00924 e. The Labute approximate surface area is 81.5 Å². The normalized spacial score (nSPS) is 27.0. The van der Waals surface area contributed by atoms with Crippen molar-refractivity contribution >= 4 is 0 Å². The molecule has 2 heteroatoms. The summed E-state index contributed by atoms with van der Waals surface area (Å²) in [5.74, 6) is 0. The summed E-state index contributed by atoms with van der Waals surface area (Å²) in [5.41, 5.74) is 6.31. The standard InChI is InChI=1S/C11H22N2/c1-13(10-4-2-3-5-10)9-11(8-12)6-7-11/h10H,2-9,12H2,1H3. The van der Waals surface area contributed by atoms with Gasteiger partial charge in [0.15, 0.2) is 0 Å². The van der Waals surface area contributed by atoms with Crippen molar-refractivity contribution in [3.63, 3.8) is 0 Å². The van der Waals surface area contributed by atoms with Gasteiger partial charge in [-0.25, -0.2) is 0 Å². The van der Waals surface area contributed by atoms with Crippen LogP contribution >= 0.6 is 0 Å². The molecule has 0 radical (unpaired) electrons. The Balaban J connectivity index is 1.80. The van der Waals surface area contributed by atoms with Crippen molar-refractivity contribution in [2.75, 3.05) is 20.1 Å². The summed E-state index contributed by atoms with van der Waals surface area (Å²) in [5, 5.41) is 0. The van der Waals surface area contributed by atoms with E-state index in [2.05, 4.69) is 11.9 Å². The predicted molar refractivity (Wildman–Crippen MR) is 55.6 cm³/mol. The first-order chi connectivity index (χ1) is 6.26. The third-order valence-electron chi connectivity index (χ3n) is 3.92. The van der Waals surface area contributed by atoms with Gasteiger partial charge in [-0.15, -0.1) is 0 Å². The minimum atomic E-state index is 0.525. The van der Waals surface area contributed by atoms with Crippen molar-refractivity contribution in [1.29, 1.82) is 0 Å². The number of hydrogen-bond donors (Lipinski definition) is 1. The molecular weight excluding hydrogens is 160 g/mol. The Morgan fingerprint density at radius 3 is 2.38 bits per heavy atom. The van der Waals surface area contributed by atoms with Crippen LogP contribution in [0, 0.1) is 5.41 Å². The summed E-state index contributed by atoms with van der Waals surface area (Å²) in [6.45, 7) is 2.14. The first kappa shape index (κ1) is 9.47. The van der Waals surface area contributed by atoms with Gasteiger partial charge >= 0.3 is 0 Å². The third-order valence-corrected chi connectivity index (χ3v) is 3.92. The van der Waals surface area contributed by atoms with Crippen LogP contribution in [0.25, 0.3) is 0 Å². The topological polar surface area (TPSA) is 29.3 Å². The maximum absolute atomic E-state index is 5.79. The van der Waals surface area contributed by atoms with E-state index < -0.39 is 0 Å². The van der Waals surface area contributed by atoms with Gasteiger partial charge in [0.05, 0.1) is 0 Å². The minimum absolute atomic E-state index is 0.525. The number of nitrogens with zero attached hydrogens (tertiary/aromatic N) is 1. The molecule has 0 spiro atoms. The monoisotopic (exact) mass is 182 g/mol. The molecule has 76 valence electrons. The summed E-state index contributed by atoms with van der Waals surface area (Å²) < 4.78 is 0. The van der Waals surface area contributed by atoms with Crippen LogP contribution in [0.5, 0.6) is 0 Å². The van der Waals surface area contributed by atoms with Gasteiger partial charge in [-0.05, 0) is 44.7 Å². The van der Waals surface area contributed by atoms with Crippen molar-refractivity contribution in [2.45, 2.75) is 44.6 Å². The van der Waals surface area contributed by atoms with E-state index in [1.54, 1.807) is 0 Å². The van der Waals surface area contributed by atoms with Gasteiger partial charge in [0.1, 0.15) is 0 Å². The lowest BCUT2D eigenvalue weighted by Gasteiger charge is -2.28. The Hall–Kier alpha value is -0.0800. The Morgan fingerprint density at radius 2 is 1.92 bits per heavy atom. The van der Waals surface area contributed by atoms with Crippen molar-refractivity contribution in [3.8, 4) is 0 Å². The molecule has 2 rings (SSSR count). The molecule has 2 aliphatic rings. The molecule has 0 aromatic rings. The first-order valence-electron chi connectivity index (χ1n) is 5.66. The van der Waals surface area contributed by atoms with E-state index in [-0.39, 0.29) is 0 Å². The molecule has 2 aliphatic carbocycles. The fraction of sp³-hybridized carbons (Fsp3) is 1.00. The van der Waals surface area contributed by atoms with Gasteiger partial charge < -0.3 is 10.6 Å². The highest BCUT2D eigenvalue weighted by Crippen LogP contribution is 2.45. The van der Waals surface area contributed by atoms with E-state index in [0.29, 0.717) is 5.41 Å². The smallest absolute Gasteiger partial charge is 0.00924 e. The second kappa shape index (κ2) is 3.58. The van der Waals surface area contributed by atoms with Gasteiger partial charge in [0.25, 0.3) is 0 Å². The van der Waals surface area contributed by atoms with Crippen LogP contribution in [-0.2, 0) is 0 Å². The zero-order valence-electron chi connectivity index (χ0n) is 8.76. The SMILES string of the molecule is CN(CC1(CN)CC1)C1CCCC1. The van der Waals surface area contributed by atoms with Crippen LogP contribution in [0.4, 0.5) is 0 Å². The molecule has 2 N–H and O–H groups in total. The lowest BCUT2D eigenvalue weighted by atomic mass is 10.1. The highest BCUT2D eigenvalue weighted by Gasteiger charge is 2.42. The van der Waals surface area contributed by atoms with Crippen molar-refractivity contribution in [2.24, 2.45) is 11.1 Å². The average molecular weight is 182 g/mol. The molecule has 2 saturated carbocycles. The van der Waals surface area contributed by atoms with Crippen LogP contribution in [0.2, 0.25) is 0 Å². The van der Waals surface area contributed by atoms with Gasteiger partial charge in [0, 0.05) is 12.6 Å². The predicted octanol–water partition coefficient (Wildman–Crippen LogP) is 1.60. The molecule has 0 aromatic heterocycles. The van der Waals surface area contributed by atoms with Gasteiger partial charge in [0.2, 0.25) is 0 Å². The van der Waals surface area contributed by atoms with Crippen molar-refractivity contribution in [3.05, 3.63) is 0 Å². The number of nitrogens with two attached hydrogens (primary N) is 1. The second-order valence-electron chi connectivity index (χ2n) is 5.06. The fourth-order valence-corrected chi connectivity index (χ4v) is 2.61. The molecule has 0 unspecified atom stereocenters. The minimum Gasteiger partial charge on any atom is -0.330 e. The van der Waals surface area contributed by atoms with Gasteiger partial charge in [-0.1, -0.05) is 12.8 Å². The first-order valence-corrected chi connectivity index (χ1v) is 5.66. The van der Waals surface area contributed by atoms with Gasteiger partial charge in [-0.2, -0.15) is 0 Å². The van der Waals surface area contributed by atoms with E-state index in [1.807, 2.05) is 0 Å². The maximum atomic E-state index is 5.79. The molecule has 0 saturated heterocycles. The molecule has 0 heterocycles. The van der Waals surface area contributed by atoms with Crippen molar-refractivity contribution in [1.82, 2.24) is 4.90 Å². The van der Waals surface area contributed by atoms with Crippen LogP contribution in [0.1, 0.15) is 38.5 Å². The zero-order chi connectivity index (χ0) is 9.31. The molecule has 0 aromatic carbocycles. The zero-order valence-corrected chi connectivity index (χ0v) is 8.76. The average Bonchev–Trinajstić information content (AvgIpc) is 2.69. The van der Waals surface area contributed by atoms with Gasteiger partial charge in [-0.3, -0.25) is 0 Å². The molecule has 2 fully saturated rings. The van der Waals surface area contributed by atoms with Crippen LogP contribution in [0.3, 0.4) is 0 Å². The largest absolute Gasteiger partial charge is 0.330 e. The Kier molecular flexibility index (Phi) is 2.61. The summed E-state index contributed by atoms with van der Waals surface area (Å²) in [6, 6.07) is 0.865. The highest BCUT2D eigenvalue weighted by molar-refractivity contribution is 4.97. The molecule has 0 bridgehead atoms. The summed E-state index contributed by atoms with van der Waals surface area (Å²) in [7, 11) is 2.28. The number of rotatable bonds is 4. The highest BCUT2D eigenvalue weighted by atomic mass is 15.1. The number of hydrogen-bond acceptors (Lipinski definition) is 2. The molecule has 2 nitrogen and oxygen atoms in total. The molecule has 0 atom stereocenters. The molecular formula is C11H22N2. The van der Waals surface area contributed by atoms with E-state index in [1.165, 1.54) is 45.1 Å². The quantitative estimate of drug-likeness (QED) is 0.715. The lowest BCUT2D eigenvalue weighted by Crippen LogP contribution is -2.37. The van der Waals surface area contributed by atoms with Crippen LogP contribution in [0.15, 0.2) is 0 Å². The molecule has 0 amide bonds. The second-order valence-corrected chi connectivity index (χ2v) is 5.06. The fourth-order valence-electron chi connectivity index (χ4n) is 2.61. The Morgan fingerprint density at radius 1 is 1.31 bits per heavy atom. The summed E-state index contributed by atoms with van der Waals surface area (Å²) in [4.78, 5) is 2.56. The summed E-state index contributed by atoms with van der Waals surface area (Å²) in [6.07, 6.45) is 8.42. The van der Waals surface area contributed by atoms with E-state index >= 15 is 0 Å². The van der Waals surface area contributed by atoms with Crippen LogP contribution in [-0.4, -0.2) is 31.1 Å². The van der Waals surface area contributed by atoms with Crippen molar-refractivity contribution < 1.29 is 0 Å². The van der Waals surface area contributed by atoms with E-state index in [9.17, 15) is 0 Å². The lowest BCUT2D eigenvalue weighted by molar-refractivity contribution is 0.201. The molecule has 0 aliphatic heterocycles. The summed E-state index contributed by atoms with van der Waals surface area (Å²) >= 11 is 0. The van der Waals surface area contributed by atoms with E-state index in [0.717, 1.165) is 12.6 Å².